The molecule has 3 aromatic heterocycles. The zero-order valence-electron chi connectivity index (χ0n) is 19.3. The van der Waals surface area contributed by atoms with Crippen LogP contribution in [0.1, 0.15) is 41.6 Å². The monoisotopic (exact) mass is 483 g/mol. The third-order valence-electron chi connectivity index (χ3n) is 5.79. The lowest BCUT2D eigenvalue weighted by Gasteiger charge is -2.33. The number of thiazole rings is 1. The van der Waals surface area contributed by atoms with Crippen molar-refractivity contribution < 1.29 is 14.6 Å². The van der Waals surface area contributed by atoms with E-state index in [1.54, 1.807) is 17.5 Å². The lowest BCUT2D eigenvalue weighted by molar-refractivity contribution is -0.131. The lowest BCUT2D eigenvalue weighted by Crippen LogP contribution is -2.46. The minimum Gasteiger partial charge on any atom is -0.478 e. The highest BCUT2D eigenvalue weighted by molar-refractivity contribution is 7.09. The van der Waals surface area contributed by atoms with Crippen LogP contribution in [0, 0.1) is 0 Å². The minimum atomic E-state index is -1.13. The van der Waals surface area contributed by atoms with Gasteiger partial charge in [-0.15, -0.1) is 11.3 Å². The Morgan fingerprint density at radius 3 is 2.91 bits per heavy atom. The first kappa shape index (κ1) is 24.1. The van der Waals surface area contributed by atoms with Crippen molar-refractivity contribution in [3.63, 3.8) is 0 Å². The van der Waals surface area contributed by atoms with Crippen LogP contribution < -0.4 is 16.2 Å². The van der Waals surface area contributed by atoms with Crippen molar-refractivity contribution in [2.45, 2.75) is 38.7 Å². The molecule has 4 heterocycles. The van der Waals surface area contributed by atoms with Gasteiger partial charge >= 0.3 is 5.97 Å². The molecule has 1 aliphatic heterocycles. The summed E-state index contributed by atoms with van der Waals surface area (Å²) in [4.78, 5) is 35.9. The number of hydrogen-bond donors (Lipinski definition) is 2. The quantitative estimate of drug-likeness (QED) is 0.468. The van der Waals surface area contributed by atoms with E-state index in [-0.39, 0.29) is 17.2 Å². The van der Waals surface area contributed by atoms with Crippen molar-refractivity contribution >= 4 is 34.8 Å². The van der Waals surface area contributed by atoms with Gasteiger partial charge in [0.05, 0.1) is 29.0 Å². The molecule has 0 bridgehead atoms. The summed E-state index contributed by atoms with van der Waals surface area (Å²) in [6, 6.07) is 3.81. The topological polar surface area (TPSA) is 123 Å². The maximum Gasteiger partial charge on any atom is 0.328 e. The Balaban J connectivity index is 1.68. The summed E-state index contributed by atoms with van der Waals surface area (Å²) in [7, 11) is 0. The molecule has 10 heteroatoms. The molecule has 0 saturated carbocycles. The Labute approximate surface area is 201 Å². The molecule has 9 nitrogen and oxygen atoms in total. The predicted octanol–water partition coefficient (Wildman–Crippen LogP) is 2.32. The van der Waals surface area contributed by atoms with E-state index < -0.39 is 5.97 Å². The van der Waals surface area contributed by atoms with Crippen LogP contribution in [0.5, 0.6) is 0 Å². The second-order valence-electron chi connectivity index (χ2n) is 8.58. The van der Waals surface area contributed by atoms with E-state index in [0.29, 0.717) is 43.6 Å². The normalized spacial score (nSPS) is 16.7. The number of carbonyl (C=O) groups is 1. The highest BCUT2D eigenvalue weighted by Crippen LogP contribution is 2.22. The average Bonchev–Trinajstić information content (AvgIpc) is 3.31. The van der Waals surface area contributed by atoms with Gasteiger partial charge in [0.1, 0.15) is 11.5 Å². The lowest BCUT2D eigenvalue weighted by atomic mass is 10.1. The Hall–Kier alpha value is -3.08. The molecule has 4 rings (SSSR count). The second kappa shape index (κ2) is 10.5. The summed E-state index contributed by atoms with van der Waals surface area (Å²) in [5, 5.41) is 12.3. The van der Waals surface area contributed by atoms with Crippen molar-refractivity contribution in [2.75, 3.05) is 31.1 Å². The highest BCUT2D eigenvalue weighted by atomic mass is 32.1. The zero-order chi connectivity index (χ0) is 24.2. The summed E-state index contributed by atoms with van der Waals surface area (Å²) in [6.45, 7) is 6.09. The first-order valence-electron chi connectivity index (χ1n) is 11.3. The van der Waals surface area contributed by atoms with Crippen molar-refractivity contribution in [1.82, 2.24) is 14.4 Å². The van der Waals surface area contributed by atoms with Crippen LogP contribution in [0.2, 0.25) is 0 Å². The number of nitrogens with zero attached hydrogens (tertiary/aromatic N) is 4. The standard InChI is InChI=1S/C24H29N5O4S/c1-15(2)19-14-34-21(26-19)5-3-16-7-8-29-20(11-16)27-23(18(24(29)32)4-6-22(30)31)28-9-10-33-17(12-25)13-28/h4,6-8,11,14-15,17H,3,5,9-10,12-13,25H2,1-2H3,(H,30,31)/b6-4+. The molecule has 0 radical (unpaired) electrons. The molecule has 0 aromatic carbocycles. The maximum absolute atomic E-state index is 13.3. The van der Waals surface area contributed by atoms with Gasteiger partial charge < -0.3 is 20.5 Å². The van der Waals surface area contributed by atoms with Gasteiger partial charge in [-0.25, -0.2) is 14.8 Å². The van der Waals surface area contributed by atoms with Gasteiger partial charge in [0.2, 0.25) is 0 Å². The second-order valence-corrected chi connectivity index (χ2v) is 9.53. The van der Waals surface area contributed by atoms with Gasteiger partial charge in [0, 0.05) is 43.7 Å². The molecule has 180 valence electrons. The first-order valence-corrected chi connectivity index (χ1v) is 12.2. The number of carboxylic acid groups (broad SMARTS) is 1. The first-order chi connectivity index (χ1) is 16.4. The molecule has 0 amide bonds. The van der Waals surface area contributed by atoms with Gasteiger partial charge in [0.15, 0.2) is 0 Å². The van der Waals surface area contributed by atoms with E-state index in [1.165, 1.54) is 10.5 Å². The fraction of sp³-hybridized carbons (Fsp3) is 0.417. The van der Waals surface area contributed by atoms with E-state index in [9.17, 15) is 9.59 Å². The maximum atomic E-state index is 13.3. The molecule has 1 saturated heterocycles. The number of aromatic nitrogens is 3. The number of hydrogen-bond acceptors (Lipinski definition) is 8. The van der Waals surface area contributed by atoms with Crippen LogP contribution in [0.15, 0.2) is 34.6 Å². The van der Waals surface area contributed by atoms with Crippen LogP contribution in [0.3, 0.4) is 0 Å². The molecule has 1 aliphatic rings. The van der Waals surface area contributed by atoms with Crippen LogP contribution in [-0.2, 0) is 22.4 Å². The average molecular weight is 484 g/mol. The molecule has 0 aliphatic carbocycles. The number of morpholine rings is 1. The van der Waals surface area contributed by atoms with E-state index in [2.05, 4.69) is 19.2 Å². The van der Waals surface area contributed by atoms with Crippen molar-refractivity contribution in [3.8, 4) is 0 Å². The molecule has 34 heavy (non-hydrogen) atoms. The molecule has 3 aromatic rings. The van der Waals surface area contributed by atoms with Gasteiger partial charge in [-0.2, -0.15) is 0 Å². The fourth-order valence-corrected chi connectivity index (χ4v) is 4.85. The van der Waals surface area contributed by atoms with Gasteiger partial charge in [0.25, 0.3) is 5.56 Å². The van der Waals surface area contributed by atoms with E-state index in [4.69, 9.17) is 25.5 Å². The number of carboxylic acids is 1. The number of ether oxygens (including phenoxy) is 1. The van der Waals surface area contributed by atoms with Crippen LogP contribution in [-0.4, -0.2) is 57.8 Å². The SMILES string of the molecule is CC(C)c1csc(CCc2ccn3c(=O)c(/C=C/C(=O)O)c(N4CCOC(CN)C4)nc3c2)n1. The predicted molar refractivity (Wildman–Crippen MR) is 133 cm³/mol. The Morgan fingerprint density at radius 1 is 1.38 bits per heavy atom. The molecular weight excluding hydrogens is 454 g/mol. The molecule has 1 atom stereocenters. The minimum absolute atomic E-state index is 0.175. The van der Waals surface area contributed by atoms with Crippen molar-refractivity contribution in [3.05, 3.63) is 62.0 Å². The fourth-order valence-electron chi connectivity index (χ4n) is 3.89. The van der Waals surface area contributed by atoms with Crippen molar-refractivity contribution in [2.24, 2.45) is 5.73 Å². The summed E-state index contributed by atoms with van der Waals surface area (Å²) >= 11 is 1.67. The Bertz CT molecular complexity index is 1270. The number of aliphatic carboxylic acids is 1. The van der Waals surface area contributed by atoms with Crippen molar-refractivity contribution in [1.29, 1.82) is 0 Å². The summed E-state index contributed by atoms with van der Waals surface area (Å²) < 4.78 is 7.10. The van der Waals surface area contributed by atoms with Gasteiger partial charge in [-0.3, -0.25) is 9.20 Å². The summed E-state index contributed by atoms with van der Waals surface area (Å²) in [5.74, 6) is -0.276. The molecule has 0 spiro atoms. The molecule has 1 fully saturated rings. The molecule has 1 unspecified atom stereocenters. The van der Waals surface area contributed by atoms with E-state index in [1.807, 2.05) is 17.0 Å². The molecule has 3 N–H and O–H groups in total. The largest absolute Gasteiger partial charge is 0.478 e. The third kappa shape index (κ3) is 5.35. The zero-order valence-corrected chi connectivity index (χ0v) is 20.1. The summed E-state index contributed by atoms with van der Waals surface area (Å²) in [6.07, 6.45) is 5.39. The Morgan fingerprint density at radius 2 is 2.21 bits per heavy atom. The van der Waals surface area contributed by atoms with Gasteiger partial charge in [-0.05, 0) is 36.1 Å². The smallest absolute Gasteiger partial charge is 0.328 e. The van der Waals surface area contributed by atoms with E-state index in [0.717, 1.165) is 35.2 Å². The number of anilines is 1. The number of rotatable bonds is 8. The third-order valence-corrected chi connectivity index (χ3v) is 6.72. The Kier molecular flexibility index (Phi) is 7.40. The number of fused-ring (bicyclic) bond motifs is 1. The summed E-state index contributed by atoms with van der Waals surface area (Å²) in [5.41, 5.74) is 8.38. The van der Waals surface area contributed by atoms with Crippen LogP contribution >= 0.6 is 11.3 Å². The number of aryl methyl sites for hydroxylation is 2. The number of nitrogens with two attached hydrogens (primary N) is 1. The van der Waals surface area contributed by atoms with E-state index >= 15 is 0 Å². The molecular formula is C24H29N5O4S. The van der Waals surface area contributed by atoms with Gasteiger partial charge in [-0.1, -0.05) is 13.8 Å². The number of pyridine rings is 1. The highest BCUT2D eigenvalue weighted by Gasteiger charge is 2.24. The van der Waals surface area contributed by atoms with Crippen LogP contribution in [0.4, 0.5) is 5.82 Å². The van der Waals surface area contributed by atoms with Crippen LogP contribution in [0.25, 0.3) is 11.7 Å².